The van der Waals surface area contributed by atoms with Gasteiger partial charge in [0, 0.05) is 6.42 Å². The van der Waals surface area contributed by atoms with Crippen LogP contribution in [0.4, 0.5) is 0 Å². The maximum absolute atomic E-state index is 12.5. The number of rotatable bonds is 7. The Morgan fingerprint density at radius 3 is 2.50 bits per heavy atom. The van der Waals surface area contributed by atoms with Crippen molar-refractivity contribution in [2.75, 3.05) is 0 Å². The number of aryl methyl sites for hydroxylation is 2. The minimum Gasteiger partial charge on any atom is -0.373 e. The molecule has 0 aromatic heterocycles. The van der Waals surface area contributed by atoms with Gasteiger partial charge in [0.25, 0.3) is 5.56 Å². The summed E-state index contributed by atoms with van der Waals surface area (Å²) in [4.78, 5) is 35.5. The minimum atomic E-state index is -0.677. The van der Waals surface area contributed by atoms with Gasteiger partial charge >= 0.3 is 5.69 Å². The van der Waals surface area contributed by atoms with Crippen LogP contribution in [0, 0.1) is 13.8 Å². The Balaban J connectivity index is 1.89. The van der Waals surface area contributed by atoms with Gasteiger partial charge in [-0.1, -0.05) is 37.3 Å². The fourth-order valence-corrected chi connectivity index (χ4v) is 3.90. The molecule has 0 saturated carbocycles. The highest BCUT2D eigenvalue weighted by atomic mass is 16.5. The number of fused-ring (bicyclic) bond motifs is 2. The quantitative estimate of drug-likeness (QED) is 0.451. The summed E-state index contributed by atoms with van der Waals surface area (Å²) in [5.41, 5.74) is 3.80. The van der Waals surface area contributed by atoms with E-state index in [-0.39, 0.29) is 23.7 Å². The van der Waals surface area contributed by atoms with Crippen LogP contribution in [-0.2, 0) is 17.7 Å². The van der Waals surface area contributed by atoms with Gasteiger partial charge in [-0.05, 0) is 56.0 Å². The predicted molar refractivity (Wildman–Crippen MR) is 125 cm³/mol. The summed E-state index contributed by atoms with van der Waals surface area (Å²) in [5, 5.41) is 0. The second-order valence-electron chi connectivity index (χ2n) is 8.36. The molecule has 2 aliphatic heterocycles. The third-order valence-electron chi connectivity index (χ3n) is 5.92. The molecule has 0 spiro atoms. The Kier molecular flexibility index (Phi) is 6.19. The van der Waals surface area contributed by atoms with Crippen LogP contribution in [0.25, 0.3) is 22.6 Å². The molecular formula is C25H28N4O3. The highest BCUT2D eigenvalue weighted by Gasteiger charge is 2.23. The molecule has 2 atom stereocenters. The maximum Gasteiger partial charge on any atom is 0.349 e. The van der Waals surface area contributed by atoms with Gasteiger partial charge in [0.2, 0.25) is 0 Å². The molecule has 0 bridgehead atoms. The maximum atomic E-state index is 12.5. The number of hydrogen-bond acceptors (Lipinski definition) is 5. The van der Waals surface area contributed by atoms with Gasteiger partial charge in [-0.25, -0.2) is 9.78 Å². The van der Waals surface area contributed by atoms with Crippen molar-refractivity contribution in [1.82, 2.24) is 19.5 Å². The summed E-state index contributed by atoms with van der Waals surface area (Å²) in [6, 6.07) is 14.2. The molecule has 1 N–H and O–H groups in total. The fourth-order valence-electron chi connectivity index (χ4n) is 3.90. The Morgan fingerprint density at radius 1 is 1.06 bits per heavy atom. The van der Waals surface area contributed by atoms with E-state index in [4.69, 9.17) is 4.74 Å². The minimum absolute atomic E-state index is 0.0686. The van der Waals surface area contributed by atoms with Gasteiger partial charge in [-0.2, -0.15) is 4.98 Å². The number of benzene rings is 2. The molecule has 32 heavy (non-hydrogen) atoms. The van der Waals surface area contributed by atoms with E-state index in [0.717, 1.165) is 28.6 Å². The van der Waals surface area contributed by atoms with Gasteiger partial charge < -0.3 is 9.30 Å². The van der Waals surface area contributed by atoms with Crippen LogP contribution in [0.5, 0.6) is 0 Å². The zero-order valence-electron chi connectivity index (χ0n) is 18.9. The molecule has 2 aromatic rings. The van der Waals surface area contributed by atoms with Crippen LogP contribution in [0.3, 0.4) is 0 Å². The lowest BCUT2D eigenvalue weighted by molar-refractivity contribution is -0.0115. The zero-order valence-corrected chi connectivity index (χ0v) is 18.9. The topological polar surface area (TPSA) is 89.9 Å². The van der Waals surface area contributed by atoms with Crippen molar-refractivity contribution in [3.8, 4) is 11.5 Å². The molecule has 4 rings (SSSR count). The average Bonchev–Trinajstić information content (AvgIpc) is 2.76. The molecule has 0 saturated heterocycles. The number of aromatic nitrogens is 4. The van der Waals surface area contributed by atoms with Gasteiger partial charge in [0.15, 0.2) is 11.5 Å². The molecule has 0 amide bonds. The Labute approximate surface area is 186 Å². The van der Waals surface area contributed by atoms with Crippen LogP contribution >= 0.6 is 0 Å². The van der Waals surface area contributed by atoms with Crippen LogP contribution < -0.4 is 11.2 Å². The van der Waals surface area contributed by atoms with Crippen molar-refractivity contribution in [3.05, 3.63) is 80.0 Å². The fraction of sp³-hybridized carbons (Fsp3) is 0.360. The van der Waals surface area contributed by atoms with Crippen molar-refractivity contribution in [3.63, 3.8) is 0 Å². The molecule has 0 fully saturated rings. The van der Waals surface area contributed by atoms with Crippen molar-refractivity contribution < 1.29 is 4.74 Å². The SMILES string of the molecule is CCC(C)OC(Cc1ccccc1)Cn1c2nc(=O)[nH]c(=O)c-2nc2cc(C)c(C)cc21. The van der Waals surface area contributed by atoms with Crippen LogP contribution in [0.1, 0.15) is 37.0 Å². The predicted octanol–water partition coefficient (Wildman–Crippen LogP) is 3.63. The second kappa shape index (κ2) is 9.04. The van der Waals surface area contributed by atoms with Gasteiger partial charge in [-0.3, -0.25) is 9.78 Å². The van der Waals surface area contributed by atoms with Gasteiger partial charge in [0.1, 0.15) is 0 Å². The molecular weight excluding hydrogens is 404 g/mol. The molecule has 2 unspecified atom stereocenters. The normalized spacial score (nSPS) is 13.5. The average molecular weight is 433 g/mol. The lowest BCUT2D eigenvalue weighted by Gasteiger charge is -2.26. The number of H-pyrrole nitrogens is 1. The summed E-state index contributed by atoms with van der Waals surface area (Å²) < 4.78 is 8.30. The molecule has 2 aliphatic rings. The Bertz CT molecular complexity index is 1330. The molecule has 7 heteroatoms. The van der Waals surface area contributed by atoms with Crippen LogP contribution in [0.15, 0.2) is 52.1 Å². The molecule has 0 aliphatic carbocycles. The third kappa shape index (κ3) is 4.48. The standard InChI is InChI=1S/C25H28N4O3/c1-5-17(4)32-19(13-18-9-7-6-8-10-18)14-29-21-12-16(3)15(2)11-20(21)26-22-23(29)27-25(31)28-24(22)30/h6-12,17,19H,5,13-14H2,1-4H3,(H,28,30,31). The number of aromatic amines is 1. The molecule has 166 valence electrons. The highest BCUT2D eigenvalue weighted by Crippen LogP contribution is 2.25. The first kappa shape index (κ1) is 21.9. The van der Waals surface area contributed by atoms with Crippen molar-refractivity contribution in [2.24, 2.45) is 0 Å². The van der Waals surface area contributed by atoms with Crippen LogP contribution in [-0.4, -0.2) is 31.7 Å². The van der Waals surface area contributed by atoms with Crippen LogP contribution in [0.2, 0.25) is 0 Å². The number of nitrogens with zero attached hydrogens (tertiary/aromatic N) is 3. The molecule has 2 aromatic carbocycles. The monoisotopic (exact) mass is 432 g/mol. The first-order chi connectivity index (χ1) is 15.4. The number of hydrogen-bond donors (Lipinski definition) is 1. The Hall–Kier alpha value is -3.32. The summed E-state index contributed by atoms with van der Waals surface area (Å²) in [6.07, 6.45) is 1.47. The van der Waals surface area contributed by atoms with Gasteiger partial charge in [-0.15, -0.1) is 0 Å². The summed E-state index contributed by atoms with van der Waals surface area (Å²) in [5.74, 6) is 0.278. The first-order valence-electron chi connectivity index (χ1n) is 11.0. The van der Waals surface area contributed by atoms with Gasteiger partial charge in [0.05, 0.1) is 29.8 Å². The smallest absolute Gasteiger partial charge is 0.349 e. The molecule has 7 nitrogen and oxygen atoms in total. The van der Waals surface area contributed by atoms with E-state index in [1.54, 1.807) is 0 Å². The van der Waals surface area contributed by atoms with E-state index in [0.29, 0.717) is 18.5 Å². The molecule has 2 heterocycles. The van der Waals surface area contributed by atoms with Crippen molar-refractivity contribution >= 4 is 11.0 Å². The van der Waals surface area contributed by atoms with E-state index in [2.05, 4.69) is 40.9 Å². The van der Waals surface area contributed by atoms with E-state index < -0.39 is 11.2 Å². The Morgan fingerprint density at radius 2 is 1.78 bits per heavy atom. The molecule has 0 radical (unpaired) electrons. The second-order valence-corrected chi connectivity index (χ2v) is 8.36. The van der Waals surface area contributed by atoms with E-state index >= 15 is 0 Å². The summed E-state index contributed by atoms with van der Waals surface area (Å²) in [7, 11) is 0. The number of nitrogens with one attached hydrogen (secondary N) is 1. The lowest BCUT2D eigenvalue weighted by atomic mass is 10.1. The van der Waals surface area contributed by atoms with Crippen molar-refractivity contribution in [1.29, 1.82) is 0 Å². The van der Waals surface area contributed by atoms with E-state index in [1.165, 1.54) is 0 Å². The highest BCUT2D eigenvalue weighted by molar-refractivity contribution is 5.81. The summed E-state index contributed by atoms with van der Waals surface area (Å²) in [6.45, 7) is 8.62. The third-order valence-corrected chi connectivity index (χ3v) is 5.92. The van der Waals surface area contributed by atoms with E-state index in [1.807, 2.05) is 48.7 Å². The van der Waals surface area contributed by atoms with E-state index in [9.17, 15) is 9.59 Å². The van der Waals surface area contributed by atoms with Crippen molar-refractivity contribution in [2.45, 2.75) is 59.3 Å². The zero-order chi connectivity index (χ0) is 22.8. The lowest BCUT2D eigenvalue weighted by Crippen LogP contribution is -2.32. The largest absolute Gasteiger partial charge is 0.373 e. The number of ether oxygens (including phenoxy) is 1. The first-order valence-corrected chi connectivity index (χ1v) is 11.0. The summed E-state index contributed by atoms with van der Waals surface area (Å²) >= 11 is 0.